The number of hydrogen-bond donors (Lipinski definition) is 0. The molecule has 0 atom stereocenters. The van der Waals surface area contributed by atoms with E-state index in [9.17, 15) is 23.3 Å². The number of halogens is 3. The summed E-state index contributed by atoms with van der Waals surface area (Å²) in [7, 11) is 0. The Balaban J connectivity index is 3.08. The highest BCUT2D eigenvalue weighted by molar-refractivity contribution is 5.58. The fraction of sp³-hybridized carbons (Fsp3) is 0.273. The van der Waals surface area contributed by atoms with Gasteiger partial charge in [0.1, 0.15) is 0 Å². The number of rotatable bonds is 5. The van der Waals surface area contributed by atoms with Gasteiger partial charge in [0.05, 0.1) is 10.5 Å². The lowest BCUT2D eigenvalue weighted by atomic mass is 10.1. The van der Waals surface area contributed by atoms with Crippen molar-refractivity contribution in [3.05, 3.63) is 56.0 Å². The molecular weight excluding hydrogens is 277 g/mol. The Morgan fingerprint density at radius 1 is 1.45 bits per heavy atom. The van der Waals surface area contributed by atoms with Gasteiger partial charge in [-0.15, -0.1) is 0 Å². The molecule has 0 N–H and O–H groups in total. The van der Waals surface area contributed by atoms with E-state index < -0.39 is 22.4 Å². The Labute approximate surface area is 111 Å². The van der Waals surface area contributed by atoms with Crippen molar-refractivity contribution in [3.63, 3.8) is 0 Å². The molecule has 0 aliphatic heterocycles. The van der Waals surface area contributed by atoms with Crippen molar-refractivity contribution in [2.45, 2.75) is 12.6 Å². The van der Waals surface area contributed by atoms with Crippen LogP contribution in [0.15, 0.2) is 29.4 Å². The minimum absolute atomic E-state index is 0.100. The van der Waals surface area contributed by atoms with E-state index in [-0.39, 0.29) is 18.5 Å². The van der Waals surface area contributed by atoms with Crippen LogP contribution in [0.3, 0.4) is 0 Å². The van der Waals surface area contributed by atoms with Crippen LogP contribution in [0.25, 0.3) is 16.5 Å². The van der Waals surface area contributed by atoms with Crippen LogP contribution in [0.2, 0.25) is 0 Å². The van der Waals surface area contributed by atoms with Crippen molar-refractivity contribution >= 4 is 11.8 Å². The van der Waals surface area contributed by atoms with Crippen LogP contribution in [0.4, 0.5) is 18.9 Å². The van der Waals surface area contributed by atoms with Crippen LogP contribution >= 0.6 is 0 Å². The fourth-order valence-corrected chi connectivity index (χ4v) is 1.45. The largest absolute Gasteiger partial charge is 0.416 e. The average molecular weight is 286 g/mol. The van der Waals surface area contributed by atoms with Gasteiger partial charge in [-0.2, -0.15) is 13.2 Å². The molecule has 0 aliphatic rings. The van der Waals surface area contributed by atoms with Gasteiger partial charge in [0, 0.05) is 23.6 Å². The van der Waals surface area contributed by atoms with E-state index in [4.69, 9.17) is 5.53 Å². The van der Waals surface area contributed by atoms with Crippen molar-refractivity contribution in [2.75, 3.05) is 6.54 Å². The zero-order valence-corrected chi connectivity index (χ0v) is 10.0. The number of non-ortho nitro benzene ring substituents is 1. The number of azide groups is 1. The van der Waals surface area contributed by atoms with Crippen LogP contribution in [0.5, 0.6) is 0 Å². The van der Waals surface area contributed by atoms with Crippen molar-refractivity contribution in [1.29, 1.82) is 0 Å². The lowest BCUT2D eigenvalue weighted by Crippen LogP contribution is -2.07. The summed E-state index contributed by atoms with van der Waals surface area (Å²) in [5.74, 6) is 0. The molecule has 9 heteroatoms. The molecule has 0 saturated heterocycles. The van der Waals surface area contributed by atoms with Crippen molar-refractivity contribution in [1.82, 2.24) is 0 Å². The normalized spacial score (nSPS) is 11.3. The molecule has 0 heterocycles. The van der Waals surface area contributed by atoms with Crippen molar-refractivity contribution in [3.8, 4) is 0 Å². The van der Waals surface area contributed by atoms with Crippen LogP contribution in [-0.2, 0) is 6.18 Å². The summed E-state index contributed by atoms with van der Waals surface area (Å²) in [5, 5.41) is 13.8. The lowest BCUT2D eigenvalue weighted by molar-refractivity contribution is -0.384. The predicted molar refractivity (Wildman–Crippen MR) is 65.8 cm³/mol. The van der Waals surface area contributed by atoms with Crippen LogP contribution < -0.4 is 0 Å². The van der Waals surface area contributed by atoms with Gasteiger partial charge in [-0.3, -0.25) is 10.1 Å². The maximum absolute atomic E-state index is 12.7. The first-order valence-corrected chi connectivity index (χ1v) is 5.39. The van der Waals surface area contributed by atoms with E-state index in [1.807, 2.05) is 0 Å². The summed E-state index contributed by atoms with van der Waals surface area (Å²) < 4.78 is 38.2. The smallest absolute Gasteiger partial charge is 0.258 e. The van der Waals surface area contributed by atoms with Gasteiger partial charge in [-0.25, -0.2) is 0 Å². The Bertz CT molecular complexity index is 578. The zero-order valence-electron chi connectivity index (χ0n) is 10.0. The third kappa shape index (κ3) is 4.29. The molecule has 0 spiro atoms. The molecule has 106 valence electrons. The number of nitro benzene ring substituents is 1. The molecule has 6 nitrogen and oxygen atoms in total. The van der Waals surface area contributed by atoms with Gasteiger partial charge in [0.25, 0.3) is 5.69 Å². The van der Waals surface area contributed by atoms with E-state index in [1.165, 1.54) is 6.08 Å². The van der Waals surface area contributed by atoms with Gasteiger partial charge in [-0.05, 0) is 23.6 Å². The fourth-order valence-electron chi connectivity index (χ4n) is 1.45. The van der Waals surface area contributed by atoms with Crippen LogP contribution in [0.1, 0.15) is 17.5 Å². The second-order valence-electron chi connectivity index (χ2n) is 3.67. The lowest BCUT2D eigenvalue weighted by Gasteiger charge is -2.09. The Morgan fingerprint density at radius 2 is 2.15 bits per heavy atom. The molecule has 1 rings (SSSR count). The Kier molecular flexibility index (Phi) is 5.10. The van der Waals surface area contributed by atoms with Gasteiger partial charge in [0.2, 0.25) is 0 Å². The van der Waals surface area contributed by atoms with Gasteiger partial charge in [0.15, 0.2) is 0 Å². The van der Waals surface area contributed by atoms with E-state index in [1.54, 1.807) is 0 Å². The molecule has 20 heavy (non-hydrogen) atoms. The predicted octanol–water partition coefficient (Wildman–Crippen LogP) is 4.33. The molecule has 0 bridgehead atoms. The molecule has 0 unspecified atom stereocenters. The number of hydrogen-bond acceptors (Lipinski definition) is 3. The number of benzene rings is 1. The maximum Gasteiger partial charge on any atom is 0.416 e. The highest BCUT2D eigenvalue weighted by Gasteiger charge is 2.33. The van der Waals surface area contributed by atoms with E-state index in [2.05, 4.69) is 10.0 Å². The monoisotopic (exact) mass is 286 g/mol. The van der Waals surface area contributed by atoms with E-state index in [0.29, 0.717) is 6.07 Å². The number of nitrogens with zero attached hydrogens (tertiary/aromatic N) is 4. The third-order valence-electron chi connectivity index (χ3n) is 2.31. The molecule has 0 fully saturated rings. The van der Waals surface area contributed by atoms with Crippen LogP contribution in [0, 0.1) is 10.1 Å². The topological polar surface area (TPSA) is 91.9 Å². The summed E-state index contributed by atoms with van der Waals surface area (Å²) in [6, 6.07) is 2.33. The molecule has 1 aromatic rings. The molecule has 0 amide bonds. The summed E-state index contributed by atoms with van der Waals surface area (Å²) in [6.45, 7) is 0.100. The summed E-state index contributed by atoms with van der Waals surface area (Å²) in [6.07, 6.45) is -1.87. The molecule has 0 aliphatic carbocycles. The highest BCUT2D eigenvalue weighted by Crippen LogP contribution is 2.34. The average Bonchev–Trinajstić information content (AvgIpc) is 2.37. The standard InChI is InChI=1S/C11H9F3N4O2/c12-11(13,14)10-5-4-9(18(19)20)7-8(10)3-1-2-6-16-17-15/h1,3-5,7H,2,6H2. The first-order valence-electron chi connectivity index (χ1n) is 5.39. The third-order valence-corrected chi connectivity index (χ3v) is 2.31. The second-order valence-corrected chi connectivity index (χ2v) is 3.67. The molecule has 1 aromatic carbocycles. The van der Waals surface area contributed by atoms with E-state index in [0.717, 1.165) is 18.2 Å². The second kappa shape index (κ2) is 6.58. The molecule has 0 saturated carbocycles. The minimum Gasteiger partial charge on any atom is -0.258 e. The zero-order chi connectivity index (χ0) is 15.2. The summed E-state index contributed by atoms with van der Waals surface area (Å²) in [4.78, 5) is 12.3. The van der Waals surface area contributed by atoms with Gasteiger partial charge < -0.3 is 0 Å². The molecule has 0 aromatic heterocycles. The highest BCUT2D eigenvalue weighted by atomic mass is 19.4. The van der Waals surface area contributed by atoms with Crippen molar-refractivity contribution < 1.29 is 18.1 Å². The SMILES string of the molecule is [N-]=[N+]=NCCC=Cc1cc([N+](=O)[O-])ccc1C(F)(F)F. The number of alkyl halides is 3. The van der Waals surface area contributed by atoms with Crippen molar-refractivity contribution in [2.24, 2.45) is 5.11 Å². The first kappa shape index (κ1) is 15.5. The summed E-state index contributed by atoms with van der Waals surface area (Å²) in [5.41, 5.74) is 6.36. The Hall–Kier alpha value is -2.54. The van der Waals surface area contributed by atoms with Gasteiger partial charge in [-0.1, -0.05) is 17.3 Å². The Morgan fingerprint density at radius 3 is 2.70 bits per heavy atom. The number of nitro groups is 1. The summed E-state index contributed by atoms with van der Waals surface area (Å²) >= 11 is 0. The molecular formula is C11H9F3N4O2. The minimum atomic E-state index is -4.60. The first-order chi connectivity index (χ1) is 9.36. The van der Waals surface area contributed by atoms with Gasteiger partial charge >= 0.3 is 6.18 Å². The van der Waals surface area contributed by atoms with E-state index >= 15 is 0 Å². The quantitative estimate of drug-likeness (QED) is 0.201. The molecule has 0 radical (unpaired) electrons. The maximum atomic E-state index is 12.7. The van der Waals surface area contributed by atoms with Crippen LogP contribution in [-0.4, -0.2) is 11.5 Å².